The first-order valence-electron chi connectivity index (χ1n) is 17.9. The molecule has 0 amide bonds. The summed E-state index contributed by atoms with van der Waals surface area (Å²) in [6.45, 7) is 0. The summed E-state index contributed by atoms with van der Waals surface area (Å²) in [7, 11) is 0. The largest absolute Gasteiger partial charge is 0.0789 e. The molecule has 7 aromatic carbocycles. The number of allylic oxidation sites excluding steroid dienone is 4. The summed E-state index contributed by atoms with van der Waals surface area (Å²) in [4.78, 5) is 0. The molecule has 0 aliphatic heterocycles. The highest BCUT2D eigenvalue weighted by atomic mass is 14.6. The van der Waals surface area contributed by atoms with Crippen LogP contribution in [-0.2, 0) is 10.8 Å². The molecule has 3 atom stereocenters. The average molecular weight is 633 g/mol. The first-order chi connectivity index (χ1) is 24.8. The lowest BCUT2D eigenvalue weighted by Gasteiger charge is -2.36. The number of benzene rings is 7. The van der Waals surface area contributed by atoms with Crippen LogP contribution in [0, 0.1) is 5.92 Å². The van der Waals surface area contributed by atoms with Gasteiger partial charge in [0.15, 0.2) is 0 Å². The summed E-state index contributed by atoms with van der Waals surface area (Å²) >= 11 is 0. The van der Waals surface area contributed by atoms with Crippen LogP contribution in [0.3, 0.4) is 0 Å². The van der Waals surface area contributed by atoms with Crippen LogP contribution in [0.1, 0.15) is 50.4 Å². The van der Waals surface area contributed by atoms with Gasteiger partial charge in [0.25, 0.3) is 0 Å². The molecule has 0 nitrogen and oxygen atoms in total. The minimum absolute atomic E-state index is 0.201. The molecular weight excluding hydrogens is 601 g/mol. The van der Waals surface area contributed by atoms with E-state index in [-0.39, 0.29) is 10.8 Å². The zero-order chi connectivity index (χ0) is 32.6. The molecule has 2 spiro atoms. The molecule has 0 heteroatoms. The van der Waals surface area contributed by atoms with E-state index in [2.05, 4.69) is 182 Å². The van der Waals surface area contributed by atoms with Gasteiger partial charge in [-0.05, 0) is 101 Å². The van der Waals surface area contributed by atoms with Crippen molar-refractivity contribution >= 4 is 0 Å². The standard InChI is InChI=1S/C50H32/c1-7-19-41-33(13-1)34-14-2-8-20-42(34)49(41)46-24-12-6-18-38(46)40-29-31(26-28-47(40)49)32-25-27-39-37-17-5-11-23-45(37)50(48(39)30-32)43-21-9-3-15-35(43)36-16-4-10-22-44(36)50/h1-30,33,41H. The van der Waals surface area contributed by atoms with Gasteiger partial charge in [0.2, 0.25) is 0 Å². The quantitative estimate of drug-likeness (QED) is 0.169. The van der Waals surface area contributed by atoms with Crippen molar-refractivity contribution < 1.29 is 0 Å². The monoisotopic (exact) mass is 632 g/mol. The second-order valence-corrected chi connectivity index (χ2v) is 14.7. The van der Waals surface area contributed by atoms with Gasteiger partial charge in [-0.2, -0.15) is 0 Å². The van der Waals surface area contributed by atoms with Crippen molar-refractivity contribution in [3.8, 4) is 44.5 Å². The Hall–Kier alpha value is -5.98. The fraction of sp³-hybridized carbons (Fsp3) is 0.0800. The highest BCUT2D eigenvalue weighted by Crippen LogP contribution is 2.66. The molecule has 12 rings (SSSR count). The first-order valence-corrected chi connectivity index (χ1v) is 17.9. The van der Waals surface area contributed by atoms with E-state index in [0.717, 1.165) is 0 Å². The Kier molecular flexibility index (Phi) is 5.05. The minimum Gasteiger partial charge on any atom is -0.0789 e. The van der Waals surface area contributed by atoms with E-state index < -0.39 is 0 Å². The molecule has 0 aromatic heterocycles. The summed E-state index contributed by atoms with van der Waals surface area (Å²) in [6, 6.07) is 60.3. The zero-order valence-electron chi connectivity index (χ0n) is 27.5. The molecule has 5 aliphatic carbocycles. The lowest BCUT2D eigenvalue weighted by molar-refractivity contribution is 0.465. The van der Waals surface area contributed by atoms with Gasteiger partial charge in [-0.1, -0.05) is 170 Å². The molecule has 0 bridgehead atoms. The van der Waals surface area contributed by atoms with Gasteiger partial charge in [0, 0.05) is 11.8 Å². The maximum atomic E-state index is 2.52. The van der Waals surface area contributed by atoms with Crippen LogP contribution in [0.5, 0.6) is 0 Å². The van der Waals surface area contributed by atoms with E-state index in [9.17, 15) is 0 Å². The molecule has 0 saturated carbocycles. The highest BCUT2D eigenvalue weighted by molar-refractivity contribution is 5.96. The van der Waals surface area contributed by atoms with E-state index >= 15 is 0 Å². The van der Waals surface area contributed by atoms with Crippen LogP contribution in [0.2, 0.25) is 0 Å². The molecule has 0 radical (unpaired) electrons. The number of rotatable bonds is 1. The van der Waals surface area contributed by atoms with Crippen molar-refractivity contribution in [2.24, 2.45) is 5.92 Å². The van der Waals surface area contributed by atoms with Gasteiger partial charge in [0.05, 0.1) is 10.8 Å². The zero-order valence-corrected chi connectivity index (χ0v) is 27.5. The van der Waals surface area contributed by atoms with Crippen LogP contribution >= 0.6 is 0 Å². The van der Waals surface area contributed by atoms with Gasteiger partial charge >= 0.3 is 0 Å². The SMILES string of the molecule is C1=CC2c3ccccc3C3(c4ccccc4-c4cc(-c5ccc6c(c5)C5(c7ccccc7-c7ccccc75)c5ccccc5-6)ccc43)C2C=C1. The minimum atomic E-state index is -0.341. The van der Waals surface area contributed by atoms with E-state index in [1.807, 2.05) is 0 Å². The summed E-state index contributed by atoms with van der Waals surface area (Å²) in [5.41, 5.74) is 21.4. The lowest BCUT2D eigenvalue weighted by Crippen LogP contribution is -2.32. The Bertz CT molecular complexity index is 2620. The third kappa shape index (κ3) is 2.98. The molecule has 0 fully saturated rings. The fourth-order valence-corrected chi connectivity index (χ4v) is 11.1. The Labute approximate surface area is 292 Å². The summed E-state index contributed by atoms with van der Waals surface area (Å²) < 4.78 is 0. The van der Waals surface area contributed by atoms with Crippen molar-refractivity contribution in [1.29, 1.82) is 0 Å². The predicted molar refractivity (Wildman–Crippen MR) is 204 cm³/mol. The second kappa shape index (κ2) is 9.37. The van der Waals surface area contributed by atoms with Gasteiger partial charge in [-0.15, -0.1) is 0 Å². The van der Waals surface area contributed by atoms with Crippen molar-refractivity contribution in [2.45, 2.75) is 16.7 Å². The normalized spacial score (nSPS) is 21.3. The van der Waals surface area contributed by atoms with E-state index in [1.54, 1.807) is 0 Å². The predicted octanol–water partition coefficient (Wildman–Crippen LogP) is 11.9. The summed E-state index contributed by atoms with van der Waals surface area (Å²) in [5, 5.41) is 0. The Morgan fingerprint density at radius 2 is 0.820 bits per heavy atom. The molecule has 0 saturated heterocycles. The number of hydrogen-bond donors (Lipinski definition) is 0. The van der Waals surface area contributed by atoms with Crippen molar-refractivity contribution in [1.82, 2.24) is 0 Å². The maximum absolute atomic E-state index is 2.52. The lowest BCUT2D eigenvalue weighted by atomic mass is 9.65. The fourth-order valence-electron chi connectivity index (χ4n) is 11.1. The maximum Gasteiger partial charge on any atom is 0.0725 e. The van der Waals surface area contributed by atoms with Gasteiger partial charge in [0.1, 0.15) is 0 Å². The molecule has 232 valence electrons. The van der Waals surface area contributed by atoms with Gasteiger partial charge < -0.3 is 0 Å². The van der Waals surface area contributed by atoms with Crippen LogP contribution in [0.25, 0.3) is 44.5 Å². The summed E-state index contributed by atoms with van der Waals surface area (Å²) in [6.07, 6.45) is 9.40. The molecule has 5 aliphatic rings. The van der Waals surface area contributed by atoms with Crippen LogP contribution < -0.4 is 0 Å². The Morgan fingerprint density at radius 1 is 0.340 bits per heavy atom. The van der Waals surface area contributed by atoms with E-state index in [1.165, 1.54) is 89.0 Å². The molecule has 7 aromatic rings. The second-order valence-electron chi connectivity index (χ2n) is 14.7. The Morgan fingerprint density at radius 3 is 1.50 bits per heavy atom. The van der Waals surface area contributed by atoms with Crippen LogP contribution in [0.4, 0.5) is 0 Å². The van der Waals surface area contributed by atoms with Crippen molar-refractivity contribution in [2.75, 3.05) is 0 Å². The van der Waals surface area contributed by atoms with Crippen molar-refractivity contribution in [3.05, 3.63) is 227 Å². The van der Waals surface area contributed by atoms with E-state index in [0.29, 0.717) is 11.8 Å². The number of hydrogen-bond acceptors (Lipinski definition) is 0. The first kappa shape index (κ1) is 26.9. The molecular formula is C50H32. The average Bonchev–Trinajstić information content (AvgIpc) is 3.86. The van der Waals surface area contributed by atoms with Crippen molar-refractivity contribution in [3.63, 3.8) is 0 Å². The Balaban J connectivity index is 1.10. The van der Waals surface area contributed by atoms with Crippen LogP contribution in [0.15, 0.2) is 182 Å². The molecule has 50 heavy (non-hydrogen) atoms. The topological polar surface area (TPSA) is 0 Å². The third-order valence-corrected chi connectivity index (χ3v) is 12.8. The smallest absolute Gasteiger partial charge is 0.0725 e. The van der Waals surface area contributed by atoms with Crippen LogP contribution in [-0.4, -0.2) is 0 Å². The third-order valence-electron chi connectivity index (χ3n) is 12.8. The number of fused-ring (bicyclic) bond motifs is 20. The summed E-state index contributed by atoms with van der Waals surface area (Å²) in [5.74, 6) is 0.723. The molecule has 0 heterocycles. The van der Waals surface area contributed by atoms with E-state index in [4.69, 9.17) is 0 Å². The highest BCUT2D eigenvalue weighted by Gasteiger charge is 2.57. The molecule has 3 unspecified atom stereocenters. The molecule has 0 N–H and O–H groups in total. The van der Waals surface area contributed by atoms with Gasteiger partial charge in [-0.25, -0.2) is 0 Å². The van der Waals surface area contributed by atoms with Gasteiger partial charge in [-0.3, -0.25) is 0 Å².